The number of sulfone groups is 1. The molecule has 2 saturated heterocycles. The van der Waals surface area contributed by atoms with Crippen LogP contribution in [0.4, 0.5) is 10.8 Å². The molecule has 118 valence electrons. The van der Waals surface area contributed by atoms with Gasteiger partial charge in [0, 0.05) is 18.6 Å². The molecule has 0 amide bonds. The number of aromatic nitrogens is 1. The number of hydrogen-bond acceptors (Lipinski definition) is 7. The predicted molar refractivity (Wildman–Crippen MR) is 85.5 cm³/mol. The van der Waals surface area contributed by atoms with Gasteiger partial charge in [0.15, 0.2) is 15.7 Å². The molecule has 8 heteroatoms. The molecule has 2 atom stereocenters. The van der Waals surface area contributed by atoms with Gasteiger partial charge in [-0.25, -0.2) is 8.42 Å². The Morgan fingerprint density at radius 2 is 2.24 bits per heavy atom. The fraction of sp³-hybridized carbons (Fsp3) is 0.769. The third kappa shape index (κ3) is 2.89. The number of nitrogens with zero attached hydrogens (tertiary/aromatic N) is 2. The van der Waals surface area contributed by atoms with Crippen LogP contribution in [0.25, 0.3) is 0 Å². The zero-order valence-electron chi connectivity index (χ0n) is 12.2. The number of nitrogens with two attached hydrogens (primary N) is 1. The van der Waals surface area contributed by atoms with Gasteiger partial charge in [-0.3, -0.25) is 0 Å². The zero-order valence-corrected chi connectivity index (χ0v) is 13.8. The van der Waals surface area contributed by atoms with Gasteiger partial charge in [-0.05, 0) is 43.8 Å². The van der Waals surface area contributed by atoms with Crippen LogP contribution >= 0.6 is 11.5 Å². The summed E-state index contributed by atoms with van der Waals surface area (Å²) in [4.78, 5) is 2.74. The van der Waals surface area contributed by atoms with Crippen LogP contribution in [0.1, 0.15) is 32.6 Å². The molecule has 21 heavy (non-hydrogen) atoms. The summed E-state index contributed by atoms with van der Waals surface area (Å²) in [6, 6.07) is 0.961. The molecule has 2 unspecified atom stereocenters. The molecule has 0 aromatic carbocycles. The Labute approximate surface area is 129 Å². The molecule has 6 nitrogen and oxygen atoms in total. The summed E-state index contributed by atoms with van der Waals surface area (Å²) in [6.07, 6.45) is 4.65. The van der Waals surface area contributed by atoms with Crippen molar-refractivity contribution in [2.75, 3.05) is 29.9 Å². The van der Waals surface area contributed by atoms with E-state index in [1.807, 2.05) is 0 Å². The maximum atomic E-state index is 12.2. The Balaban J connectivity index is 1.77. The molecular formula is C13H22N4O2S2. The summed E-state index contributed by atoms with van der Waals surface area (Å²) in [6.45, 7) is 3.93. The summed E-state index contributed by atoms with van der Waals surface area (Å²) in [5.41, 5.74) is 5.77. The summed E-state index contributed by atoms with van der Waals surface area (Å²) < 4.78 is 28.4. The Bertz CT molecular complexity index is 614. The number of anilines is 2. The lowest BCUT2D eigenvalue weighted by Crippen LogP contribution is -2.42. The van der Waals surface area contributed by atoms with Gasteiger partial charge >= 0.3 is 0 Å². The van der Waals surface area contributed by atoms with Crippen molar-refractivity contribution in [2.24, 2.45) is 0 Å². The predicted octanol–water partition coefficient (Wildman–Crippen LogP) is 1.56. The van der Waals surface area contributed by atoms with Crippen LogP contribution in [-0.2, 0) is 9.84 Å². The second-order valence-electron chi connectivity index (χ2n) is 5.83. The molecule has 2 aliphatic rings. The minimum absolute atomic E-state index is 0.0470. The monoisotopic (exact) mass is 330 g/mol. The molecule has 0 radical (unpaired) electrons. The van der Waals surface area contributed by atoms with Crippen molar-refractivity contribution in [3.8, 4) is 0 Å². The number of fused-ring (bicyclic) bond motifs is 1. The summed E-state index contributed by atoms with van der Waals surface area (Å²) >= 11 is 1.16. The van der Waals surface area contributed by atoms with E-state index in [2.05, 4.69) is 14.6 Å². The fourth-order valence-electron chi connectivity index (χ4n) is 3.37. The quantitative estimate of drug-likeness (QED) is 0.871. The average molecular weight is 330 g/mol. The summed E-state index contributed by atoms with van der Waals surface area (Å²) in [7, 11) is -3.33. The van der Waals surface area contributed by atoms with E-state index < -0.39 is 9.84 Å². The van der Waals surface area contributed by atoms with Crippen molar-refractivity contribution < 1.29 is 8.42 Å². The van der Waals surface area contributed by atoms with Crippen LogP contribution in [0.2, 0.25) is 0 Å². The minimum Gasteiger partial charge on any atom is -0.382 e. The first kappa shape index (κ1) is 15.1. The highest BCUT2D eigenvalue weighted by molar-refractivity contribution is 7.91. The van der Waals surface area contributed by atoms with Crippen molar-refractivity contribution >= 4 is 32.2 Å². The first-order valence-electron chi connectivity index (χ1n) is 7.49. The summed E-state index contributed by atoms with van der Waals surface area (Å²) in [5.74, 6) is 0.174. The van der Waals surface area contributed by atoms with Crippen LogP contribution in [0, 0.1) is 0 Å². The first-order chi connectivity index (χ1) is 10.0. The van der Waals surface area contributed by atoms with Crippen LogP contribution < -0.4 is 11.1 Å². The van der Waals surface area contributed by atoms with Crippen LogP contribution in [0.15, 0.2) is 4.90 Å². The van der Waals surface area contributed by atoms with Crippen LogP contribution in [0.5, 0.6) is 0 Å². The average Bonchev–Trinajstić information content (AvgIpc) is 3.05. The molecule has 0 spiro atoms. The number of nitrogen functional groups attached to an aromatic ring is 1. The van der Waals surface area contributed by atoms with Gasteiger partial charge in [-0.2, -0.15) is 4.37 Å². The number of nitrogens with one attached hydrogen (secondary N) is 1. The van der Waals surface area contributed by atoms with E-state index in [9.17, 15) is 8.42 Å². The van der Waals surface area contributed by atoms with Gasteiger partial charge in [0.05, 0.1) is 5.75 Å². The van der Waals surface area contributed by atoms with Crippen LogP contribution in [-0.4, -0.2) is 48.6 Å². The van der Waals surface area contributed by atoms with E-state index in [-0.39, 0.29) is 16.5 Å². The Morgan fingerprint density at radius 1 is 1.43 bits per heavy atom. The Hall–Kier alpha value is -0.860. The highest BCUT2D eigenvalue weighted by Gasteiger charge is 2.33. The maximum Gasteiger partial charge on any atom is 0.184 e. The lowest BCUT2D eigenvalue weighted by Gasteiger charge is -2.35. The molecule has 1 aromatic rings. The molecule has 2 aliphatic heterocycles. The minimum atomic E-state index is -3.33. The zero-order chi connectivity index (χ0) is 15.0. The molecule has 3 heterocycles. The van der Waals surface area contributed by atoms with Gasteiger partial charge < -0.3 is 16.0 Å². The standard InChI is InChI=1S/C13H22N4O2S2/c1-2-21(18,19)11-12(14)16-20-13(11)15-9-5-7-17-6-3-4-10(17)8-9/h9-10,15H,2-8H2,1H3,(H2,14,16). The van der Waals surface area contributed by atoms with Gasteiger partial charge in [-0.1, -0.05) is 6.92 Å². The number of piperidine rings is 1. The summed E-state index contributed by atoms with van der Waals surface area (Å²) in [5, 5.41) is 4.01. The van der Waals surface area contributed by atoms with E-state index in [0.29, 0.717) is 17.1 Å². The van der Waals surface area contributed by atoms with Crippen LogP contribution in [0.3, 0.4) is 0 Å². The highest BCUT2D eigenvalue weighted by Crippen LogP contribution is 2.35. The topological polar surface area (TPSA) is 88.3 Å². The molecule has 0 aliphatic carbocycles. The number of hydrogen-bond donors (Lipinski definition) is 2. The van der Waals surface area contributed by atoms with Gasteiger partial charge in [0.1, 0.15) is 9.90 Å². The fourth-order valence-corrected chi connectivity index (χ4v) is 5.60. The van der Waals surface area contributed by atoms with Crippen molar-refractivity contribution in [1.82, 2.24) is 9.27 Å². The Morgan fingerprint density at radius 3 is 3.00 bits per heavy atom. The third-order valence-corrected chi connectivity index (χ3v) is 7.24. The molecule has 3 rings (SSSR count). The lowest BCUT2D eigenvalue weighted by molar-refractivity contribution is 0.188. The second-order valence-corrected chi connectivity index (χ2v) is 8.82. The number of rotatable bonds is 4. The lowest BCUT2D eigenvalue weighted by atomic mass is 9.98. The third-order valence-electron chi connectivity index (χ3n) is 4.52. The SMILES string of the molecule is CCS(=O)(=O)c1c(N)nsc1NC1CCN2CCCC2C1. The first-order valence-corrected chi connectivity index (χ1v) is 9.92. The normalized spacial score (nSPS) is 26.7. The highest BCUT2D eigenvalue weighted by atomic mass is 32.2. The van der Waals surface area contributed by atoms with E-state index in [1.54, 1.807) is 6.92 Å². The van der Waals surface area contributed by atoms with Crippen molar-refractivity contribution in [2.45, 2.75) is 49.6 Å². The molecular weight excluding hydrogens is 308 g/mol. The molecule has 1 aromatic heterocycles. The van der Waals surface area contributed by atoms with E-state index >= 15 is 0 Å². The van der Waals surface area contributed by atoms with Gasteiger partial charge in [0.2, 0.25) is 0 Å². The van der Waals surface area contributed by atoms with E-state index in [4.69, 9.17) is 5.73 Å². The molecule has 3 N–H and O–H groups in total. The van der Waals surface area contributed by atoms with Crippen molar-refractivity contribution in [3.63, 3.8) is 0 Å². The molecule has 0 bridgehead atoms. The second kappa shape index (κ2) is 5.73. The smallest absolute Gasteiger partial charge is 0.184 e. The molecule has 2 fully saturated rings. The van der Waals surface area contributed by atoms with Gasteiger partial charge in [-0.15, -0.1) is 0 Å². The van der Waals surface area contributed by atoms with E-state index in [1.165, 1.54) is 19.4 Å². The molecule has 0 saturated carbocycles. The van der Waals surface area contributed by atoms with Gasteiger partial charge in [0.25, 0.3) is 0 Å². The van der Waals surface area contributed by atoms with Crippen molar-refractivity contribution in [1.29, 1.82) is 0 Å². The van der Waals surface area contributed by atoms with E-state index in [0.717, 1.165) is 30.9 Å². The largest absolute Gasteiger partial charge is 0.382 e. The Kier molecular flexibility index (Phi) is 4.11. The maximum absolute atomic E-state index is 12.2. The van der Waals surface area contributed by atoms with Crippen molar-refractivity contribution in [3.05, 3.63) is 0 Å².